The first-order chi connectivity index (χ1) is 9.06. The lowest BCUT2D eigenvalue weighted by Crippen LogP contribution is -2.14. The number of aromatic carboxylic acids is 1. The second-order valence-corrected chi connectivity index (χ2v) is 4.23. The number of anilines is 1. The van der Waals surface area contributed by atoms with Gasteiger partial charge in [0, 0.05) is 11.8 Å². The maximum absolute atomic E-state index is 11.9. The standard InChI is InChI=1S/C11H7BrN4O3/c12-8-4-15-9(5-14-8)16-10(17)6-1-2-13-7(3-6)11(18)19/h1-5H,(H,18,19)(H,15,16,17). The van der Waals surface area contributed by atoms with Gasteiger partial charge in [0.2, 0.25) is 0 Å². The summed E-state index contributed by atoms with van der Waals surface area (Å²) in [5.41, 5.74) is -0.0216. The molecule has 0 fully saturated rings. The number of hydrogen-bond acceptors (Lipinski definition) is 5. The Labute approximate surface area is 115 Å². The molecule has 0 aromatic carbocycles. The molecule has 8 heteroatoms. The molecule has 0 atom stereocenters. The summed E-state index contributed by atoms with van der Waals surface area (Å²) in [5.74, 6) is -1.42. The van der Waals surface area contributed by atoms with Gasteiger partial charge in [-0.15, -0.1) is 0 Å². The Kier molecular flexibility index (Phi) is 3.81. The molecule has 2 N–H and O–H groups in total. The lowest BCUT2D eigenvalue weighted by atomic mass is 10.2. The van der Waals surface area contributed by atoms with Gasteiger partial charge in [0.15, 0.2) is 5.82 Å². The van der Waals surface area contributed by atoms with Crippen LogP contribution in [0.2, 0.25) is 0 Å². The van der Waals surface area contributed by atoms with E-state index in [2.05, 4.69) is 36.2 Å². The molecule has 7 nitrogen and oxygen atoms in total. The van der Waals surface area contributed by atoms with E-state index in [1.54, 1.807) is 0 Å². The SMILES string of the molecule is O=C(Nc1cnc(Br)cn1)c1ccnc(C(=O)O)c1. The summed E-state index contributed by atoms with van der Waals surface area (Å²) in [6, 6.07) is 2.60. The first-order valence-electron chi connectivity index (χ1n) is 5.04. The molecule has 2 heterocycles. The summed E-state index contributed by atoms with van der Waals surface area (Å²) < 4.78 is 0.544. The number of carbonyl (C=O) groups is 2. The highest BCUT2D eigenvalue weighted by atomic mass is 79.9. The smallest absolute Gasteiger partial charge is 0.354 e. The summed E-state index contributed by atoms with van der Waals surface area (Å²) in [7, 11) is 0. The number of nitrogens with one attached hydrogen (secondary N) is 1. The summed E-state index contributed by atoms with van der Waals surface area (Å²) in [6.07, 6.45) is 4.07. The van der Waals surface area contributed by atoms with Gasteiger partial charge in [0.1, 0.15) is 10.3 Å². The molecular weight excluding hydrogens is 316 g/mol. The van der Waals surface area contributed by atoms with Crippen molar-refractivity contribution in [3.8, 4) is 0 Å². The lowest BCUT2D eigenvalue weighted by Gasteiger charge is -2.04. The van der Waals surface area contributed by atoms with Crippen molar-refractivity contribution in [2.45, 2.75) is 0 Å². The predicted octanol–water partition coefficient (Wildman–Crippen LogP) is 1.58. The van der Waals surface area contributed by atoms with E-state index < -0.39 is 11.9 Å². The molecule has 2 aromatic rings. The Hall–Kier alpha value is -2.35. The fourth-order valence-corrected chi connectivity index (χ4v) is 1.46. The Morgan fingerprint density at radius 1 is 1.21 bits per heavy atom. The number of carboxylic acid groups (broad SMARTS) is 1. The van der Waals surface area contributed by atoms with E-state index >= 15 is 0 Å². The van der Waals surface area contributed by atoms with E-state index in [0.717, 1.165) is 0 Å². The minimum absolute atomic E-state index is 0.178. The third-order valence-corrected chi connectivity index (χ3v) is 2.51. The average Bonchev–Trinajstić information content (AvgIpc) is 2.41. The molecule has 2 aromatic heterocycles. The van der Waals surface area contributed by atoms with E-state index in [4.69, 9.17) is 5.11 Å². The first-order valence-corrected chi connectivity index (χ1v) is 5.84. The second-order valence-electron chi connectivity index (χ2n) is 3.41. The van der Waals surface area contributed by atoms with E-state index in [-0.39, 0.29) is 17.1 Å². The zero-order valence-electron chi connectivity index (χ0n) is 9.37. The van der Waals surface area contributed by atoms with Crippen LogP contribution in [-0.2, 0) is 0 Å². The molecule has 19 heavy (non-hydrogen) atoms. The van der Waals surface area contributed by atoms with Gasteiger partial charge in [0.05, 0.1) is 12.4 Å². The molecule has 96 valence electrons. The van der Waals surface area contributed by atoms with Crippen LogP contribution in [0.1, 0.15) is 20.8 Å². The number of halogens is 1. The summed E-state index contributed by atoms with van der Waals surface area (Å²) >= 11 is 3.12. The summed E-state index contributed by atoms with van der Waals surface area (Å²) in [6.45, 7) is 0. The third-order valence-electron chi connectivity index (χ3n) is 2.10. The highest BCUT2D eigenvalue weighted by molar-refractivity contribution is 9.10. The van der Waals surface area contributed by atoms with Crippen molar-refractivity contribution in [3.05, 3.63) is 46.6 Å². The molecule has 0 spiro atoms. The maximum Gasteiger partial charge on any atom is 0.354 e. The molecule has 0 aliphatic heterocycles. The number of carbonyl (C=O) groups excluding carboxylic acids is 1. The molecule has 1 amide bonds. The van der Waals surface area contributed by atoms with Gasteiger partial charge in [0.25, 0.3) is 5.91 Å². The Morgan fingerprint density at radius 2 is 2.00 bits per heavy atom. The van der Waals surface area contributed by atoms with Crippen LogP contribution in [0.3, 0.4) is 0 Å². The van der Waals surface area contributed by atoms with Crippen LogP contribution in [-0.4, -0.2) is 31.9 Å². The van der Waals surface area contributed by atoms with Crippen molar-refractivity contribution in [1.82, 2.24) is 15.0 Å². The van der Waals surface area contributed by atoms with E-state index in [1.807, 2.05) is 0 Å². The minimum atomic E-state index is -1.20. The highest BCUT2D eigenvalue weighted by Crippen LogP contribution is 2.09. The molecule has 0 aliphatic carbocycles. The zero-order chi connectivity index (χ0) is 13.8. The quantitative estimate of drug-likeness (QED) is 0.888. The molecule has 0 bridgehead atoms. The van der Waals surface area contributed by atoms with Crippen LogP contribution < -0.4 is 5.32 Å². The Bertz CT molecular complexity index is 630. The van der Waals surface area contributed by atoms with Crippen molar-refractivity contribution >= 4 is 33.6 Å². The van der Waals surface area contributed by atoms with Gasteiger partial charge in [-0.2, -0.15) is 0 Å². The zero-order valence-corrected chi connectivity index (χ0v) is 11.0. The topological polar surface area (TPSA) is 105 Å². The largest absolute Gasteiger partial charge is 0.477 e. The van der Waals surface area contributed by atoms with Gasteiger partial charge >= 0.3 is 5.97 Å². The van der Waals surface area contributed by atoms with Crippen LogP contribution in [0.5, 0.6) is 0 Å². The lowest BCUT2D eigenvalue weighted by molar-refractivity contribution is 0.0690. The minimum Gasteiger partial charge on any atom is -0.477 e. The molecule has 0 saturated heterocycles. The van der Waals surface area contributed by atoms with E-state index in [9.17, 15) is 9.59 Å². The van der Waals surface area contributed by atoms with E-state index in [0.29, 0.717) is 4.60 Å². The third kappa shape index (κ3) is 3.32. The van der Waals surface area contributed by atoms with Crippen molar-refractivity contribution < 1.29 is 14.7 Å². The van der Waals surface area contributed by atoms with Gasteiger partial charge in [-0.25, -0.2) is 19.7 Å². The molecule has 0 unspecified atom stereocenters. The first kappa shape index (κ1) is 13.1. The Morgan fingerprint density at radius 3 is 2.63 bits per heavy atom. The van der Waals surface area contributed by atoms with Gasteiger partial charge in [-0.1, -0.05) is 0 Å². The number of pyridine rings is 1. The second kappa shape index (κ2) is 5.53. The van der Waals surface area contributed by atoms with Crippen molar-refractivity contribution in [2.75, 3.05) is 5.32 Å². The van der Waals surface area contributed by atoms with Crippen LogP contribution in [0.25, 0.3) is 0 Å². The van der Waals surface area contributed by atoms with Gasteiger partial charge in [-0.3, -0.25) is 4.79 Å². The molecule has 2 rings (SSSR count). The monoisotopic (exact) mass is 322 g/mol. The Balaban J connectivity index is 2.18. The molecule has 0 saturated carbocycles. The summed E-state index contributed by atoms with van der Waals surface area (Å²) in [4.78, 5) is 34.1. The van der Waals surface area contributed by atoms with E-state index in [1.165, 1.54) is 30.7 Å². The predicted molar refractivity (Wildman–Crippen MR) is 68.9 cm³/mol. The maximum atomic E-state index is 11.9. The fourth-order valence-electron chi connectivity index (χ4n) is 1.25. The number of hydrogen-bond donors (Lipinski definition) is 2. The van der Waals surface area contributed by atoms with Crippen LogP contribution >= 0.6 is 15.9 Å². The van der Waals surface area contributed by atoms with Gasteiger partial charge in [-0.05, 0) is 28.1 Å². The highest BCUT2D eigenvalue weighted by Gasteiger charge is 2.11. The van der Waals surface area contributed by atoms with Crippen LogP contribution in [0, 0.1) is 0 Å². The molecule has 0 radical (unpaired) electrons. The number of aromatic nitrogens is 3. The van der Waals surface area contributed by atoms with Crippen molar-refractivity contribution in [3.63, 3.8) is 0 Å². The molecule has 0 aliphatic rings. The fraction of sp³-hybridized carbons (Fsp3) is 0. The normalized spacial score (nSPS) is 9.95. The van der Waals surface area contributed by atoms with Crippen molar-refractivity contribution in [2.24, 2.45) is 0 Å². The summed E-state index contributed by atoms with van der Waals surface area (Å²) in [5, 5.41) is 11.3. The number of nitrogens with zero attached hydrogens (tertiary/aromatic N) is 3. The number of amides is 1. The number of carboxylic acids is 1. The van der Waals surface area contributed by atoms with Crippen LogP contribution in [0.4, 0.5) is 5.82 Å². The number of rotatable bonds is 3. The molecular formula is C11H7BrN4O3. The van der Waals surface area contributed by atoms with Crippen LogP contribution in [0.15, 0.2) is 35.3 Å². The average molecular weight is 323 g/mol. The van der Waals surface area contributed by atoms with Gasteiger partial charge < -0.3 is 10.4 Å². The van der Waals surface area contributed by atoms with Crippen molar-refractivity contribution in [1.29, 1.82) is 0 Å².